The first-order valence-corrected chi connectivity index (χ1v) is 8.68. The zero-order valence-corrected chi connectivity index (χ0v) is 15.0. The van der Waals surface area contributed by atoms with Gasteiger partial charge in [-0.1, -0.05) is 17.7 Å². The minimum absolute atomic E-state index is 0.183. The molecule has 0 saturated carbocycles. The molecule has 1 aromatic heterocycles. The van der Waals surface area contributed by atoms with Crippen LogP contribution in [0.5, 0.6) is 0 Å². The van der Waals surface area contributed by atoms with Crippen LogP contribution in [0.15, 0.2) is 24.5 Å². The van der Waals surface area contributed by atoms with E-state index < -0.39 is 0 Å². The maximum Gasteiger partial charge on any atom is 0.159 e. The Bertz CT molecular complexity index is 733. The summed E-state index contributed by atoms with van der Waals surface area (Å²) in [6, 6.07) is 5.68. The number of nitrogens with one attached hydrogen (secondary N) is 1. The summed E-state index contributed by atoms with van der Waals surface area (Å²) in [5.74, 6) is 1.31. The van der Waals surface area contributed by atoms with E-state index in [-0.39, 0.29) is 6.61 Å². The SMILES string of the molecule is Cc1c(Cl)cccc1Nc1ncnc(N2CCN(CCO)CC2)c1N. The lowest BCUT2D eigenvalue weighted by Gasteiger charge is -2.35. The van der Waals surface area contributed by atoms with E-state index in [0.717, 1.165) is 43.2 Å². The number of halogens is 1. The van der Waals surface area contributed by atoms with Crippen LogP contribution in [0.3, 0.4) is 0 Å². The van der Waals surface area contributed by atoms with E-state index in [9.17, 15) is 0 Å². The molecule has 0 aliphatic carbocycles. The Balaban J connectivity index is 1.78. The second-order valence-corrected chi connectivity index (χ2v) is 6.46. The normalized spacial score (nSPS) is 15.4. The van der Waals surface area contributed by atoms with Crippen molar-refractivity contribution in [3.05, 3.63) is 35.1 Å². The van der Waals surface area contributed by atoms with Crippen molar-refractivity contribution in [2.75, 3.05) is 55.3 Å². The van der Waals surface area contributed by atoms with E-state index in [1.54, 1.807) is 0 Å². The molecule has 0 unspecified atom stereocenters. The summed E-state index contributed by atoms with van der Waals surface area (Å²) in [7, 11) is 0. The first kappa shape index (κ1) is 17.7. The molecule has 7 nitrogen and oxygen atoms in total. The fourth-order valence-electron chi connectivity index (χ4n) is 2.93. The highest BCUT2D eigenvalue weighted by atomic mass is 35.5. The van der Waals surface area contributed by atoms with Crippen LogP contribution >= 0.6 is 11.6 Å². The number of nitrogens with zero attached hydrogens (tertiary/aromatic N) is 4. The Hall–Kier alpha value is -2.09. The molecule has 25 heavy (non-hydrogen) atoms. The van der Waals surface area contributed by atoms with Crippen LogP contribution in [0.25, 0.3) is 0 Å². The number of hydrogen-bond acceptors (Lipinski definition) is 7. The van der Waals surface area contributed by atoms with E-state index >= 15 is 0 Å². The summed E-state index contributed by atoms with van der Waals surface area (Å²) in [6.07, 6.45) is 1.52. The number of aromatic nitrogens is 2. The van der Waals surface area contributed by atoms with Crippen LogP contribution in [0.2, 0.25) is 5.02 Å². The molecule has 4 N–H and O–H groups in total. The van der Waals surface area contributed by atoms with Crippen LogP contribution in [-0.4, -0.2) is 59.3 Å². The molecule has 1 saturated heterocycles. The quantitative estimate of drug-likeness (QED) is 0.748. The van der Waals surface area contributed by atoms with Crippen molar-refractivity contribution in [2.45, 2.75) is 6.92 Å². The lowest BCUT2D eigenvalue weighted by Crippen LogP contribution is -2.47. The number of anilines is 4. The van der Waals surface area contributed by atoms with Crippen molar-refractivity contribution in [1.82, 2.24) is 14.9 Å². The zero-order valence-electron chi connectivity index (χ0n) is 14.2. The molecule has 1 aliphatic rings. The fourth-order valence-corrected chi connectivity index (χ4v) is 3.11. The first-order chi connectivity index (χ1) is 12.1. The smallest absolute Gasteiger partial charge is 0.159 e. The van der Waals surface area contributed by atoms with E-state index in [2.05, 4.69) is 25.1 Å². The molecular weight excluding hydrogens is 340 g/mol. The number of aliphatic hydroxyl groups excluding tert-OH is 1. The lowest BCUT2D eigenvalue weighted by atomic mass is 10.2. The Morgan fingerprint density at radius 3 is 2.72 bits per heavy atom. The maximum atomic E-state index is 9.05. The van der Waals surface area contributed by atoms with Crippen LogP contribution in [0.4, 0.5) is 23.0 Å². The molecule has 0 amide bonds. The number of nitrogen functional groups attached to an aromatic ring is 1. The third-order valence-corrected chi connectivity index (χ3v) is 4.88. The van der Waals surface area contributed by atoms with Crippen LogP contribution in [-0.2, 0) is 0 Å². The van der Waals surface area contributed by atoms with Gasteiger partial charge in [0.05, 0.1) is 6.61 Å². The van der Waals surface area contributed by atoms with Gasteiger partial charge in [-0.3, -0.25) is 4.90 Å². The van der Waals surface area contributed by atoms with Crippen molar-refractivity contribution in [3.8, 4) is 0 Å². The van der Waals surface area contributed by atoms with Crippen molar-refractivity contribution < 1.29 is 5.11 Å². The highest BCUT2D eigenvalue weighted by Gasteiger charge is 2.21. The first-order valence-electron chi connectivity index (χ1n) is 8.31. The van der Waals surface area contributed by atoms with E-state index in [4.69, 9.17) is 22.4 Å². The molecule has 0 bridgehead atoms. The lowest BCUT2D eigenvalue weighted by molar-refractivity contribution is 0.188. The van der Waals surface area contributed by atoms with Gasteiger partial charge in [0, 0.05) is 43.4 Å². The summed E-state index contributed by atoms with van der Waals surface area (Å²) in [4.78, 5) is 13.0. The molecule has 2 aromatic rings. The van der Waals surface area contributed by atoms with E-state index in [1.165, 1.54) is 6.33 Å². The Morgan fingerprint density at radius 1 is 1.24 bits per heavy atom. The molecule has 8 heteroatoms. The highest BCUT2D eigenvalue weighted by Crippen LogP contribution is 2.31. The number of piperazine rings is 1. The van der Waals surface area contributed by atoms with Gasteiger partial charge >= 0.3 is 0 Å². The number of benzene rings is 1. The number of β-amino-alcohol motifs (C(OH)–C–C–N with tert-alkyl or cyclic N) is 1. The predicted molar refractivity (Wildman–Crippen MR) is 102 cm³/mol. The third kappa shape index (κ3) is 3.95. The number of hydrogen-bond donors (Lipinski definition) is 3. The summed E-state index contributed by atoms with van der Waals surface area (Å²) < 4.78 is 0. The number of nitrogens with two attached hydrogens (primary N) is 1. The standard InChI is InChI=1S/C17H23ClN6O/c1-12-13(18)3-2-4-14(12)22-16-15(19)17(21-11-20-16)24-7-5-23(6-8-24)9-10-25/h2-4,11,25H,5-10,19H2,1H3,(H,20,21,22). The minimum atomic E-state index is 0.183. The van der Waals surface area contributed by atoms with Crippen LogP contribution in [0.1, 0.15) is 5.56 Å². The third-order valence-electron chi connectivity index (χ3n) is 4.47. The second kappa shape index (κ2) is 7.86. The Morgan fingerprint density at radius 2 is 2.00 bits per heavy atom. The monoisotopic (exact) mass is 362 g/mol. The second-order valence-electron chi connectivity index (χ2n) is 6.05. The van der Waals surface area contributed by atoms with Gasteiger partial charge in [-0.2, -0.15) is 0 Å². The molecule has 1 aromatic carbocycles. The largest absolute Gasteiger partial charge is 0.395 e. The maximum absolute atomic E-state index is 9.05. The molecule has 3 rings (SSSR count). The summed E-state index contributed by atoms with van der Waals surface area (Å²) in [5, 5.41) is 13.0. The van der Waals surface area contributed by atoms with Gasteiger partial charge in [0.15, 0.2) is 11.6 Å². The predicted octanol–water partition coefficient (Wildman–Crippen LogP) is 1.88. The topological polar surface area (TPSA) is 90.5 Å². The van der Waals surface area contributed by atoms with Gasteiger partial charge in [0.2, 0.25) is 0 Å². The van der Waals surface area contributed by atoms with E-state index in [0.29, 0.717) is 23.1 Å². The van der Waals surface area contributed by atoms with Gasteiger partial charge in [-0.25, -0.2) is 9.97 Å². The number of rotatable bonds is 5. The molecule has 134 valence electrons. The van der Waals surface area contributed by atoms with Gasteiger partial charge in [0.1, 0.15) is 12.0 Å². The minimum Gasteiger partial charge on any atom is -0.395 e. The molecular formula is C17H23ClN6O. The molecule has 1 aliphatic heterocycles. The number of aliphatic hydroxyl groups is 1. The Kier molecular flexibility index (Phi) is 5.57. The van der Waals surface area contributed by atoms with Gasteiger partial charge in [-0.05, 0) is 24.6 Å². The van der Waals surface area contributed by atoms with Crippen molar-refractivity contribution in [3.63, 3.8) is 0 Å². The van der Waals surface area contributed by atoms with Gasteiger partial charge in [-0.15, -0.1) is 0 Å². The van der Waals surface area contributed by atoms with Crippen molar-refractivity contribution in [2.24, 2.45) is 0 Å². The average molecular weight is 363 g/mol. The molecule has 0 atom stereocenters. The molecule has 0 spiro atoms. The summed E-state index contributed by atoms with van der Waals surface area (Å²) in [5.41, 5.74) is 8.67. The average Bonchev–Trinajstić information content (AvgIpc) is 2.62. The highest BCUT2D eigenvalue weighted by molar-refractivity contribution is 6.31. The zero-order chi connectivity index (χ0) is 17.8. The molecule has 1 fully saturated rings. The van der Waals surface area contributed by atoms with Crippen LogP contribution in [0, 0.1) is 6.92 Å². The summed E-state index contributed by atoms with van der Waals surface area (Å²) in [6.45, 7) is 6.22. The fraction of sp³-hybridized carbons (Fsp3) is 0.412. The van der Waals surface area contributed by atoms with Crippen molar-refractivity contribution >= 4 is 34.6 Å². The summed E-state index contributed by atoms with van der Waals surface area (Å²) >= 11 is 6.18. The van der Waals surface area contributed by atoms with E-state index in [1.807, 2.05) is 25.1 Å². The van der Waals surface area contributed by atoms with Crippen LogP contribution < -0.4 is 16.0 Å². The molecule has 2 heterocycles. The molecule has 0 radical (unpaired) electrons. The van der Waals surface area contributed by atoms with Crippen molar-refractivity contribution in [1.29, 1.82) is 0 Å². The van der Waals surface area contributed by atoms with Gasteiger partial charge < -0.3 is 21.1 Å². The Labute approximate surface area is 152 Å². The van der Waals surface area contributed by atoms with Gasteiger partial charge in [0.25, 0.3) is 0 Å².